The second-order valence-electron chi connectivity index (χ2n) is 4.83. The van der Waals surface area contributed by atoms with E-state index in [0.717, 1.165) is 37.4 Å². The van der Waals surface area contributed by atoms with Crippen LogP contribution in [0.1, 0.15) is 36.3 Å². The molecule has 1 unspecified atom stereocenters. The van der Waals surface area contributed by atoms with Crippen molar-refractivity contribution >= 4 is 11.6 Å². The van der Waals surface area contributed by atoms with Gasteiger partial charge in [0.05, 0.1) is 12.0 Å². The first kappa shape index (κ1) is 13.7. The normalized spacial score (nSPS) is 18.6. The standard InChI is InChI=1S/C15H21ClO2/c1-3-18-14-5-4-11(2)10-13(14)15(16)12-6-8-17-9-7-12/h4-5,10,12,15H,3,6-9H2,1-2H3. The molecule has 1 aromatic rings. The van der Waals surface area contributed by atoms with Crippen LogP contribution >= 0.6 is 11.6 Å². The lowest BCUT2D eigenvalue weighted by molar-refractivity contribution is 0.0648. The van der Waals surface area contributed by atoms with E-state index in [0.29, 0.717) is 12.5 Å². The first-order valence-corrected chi connectivity index (χ1v) is 7.11. The maximum atomic E-state index is 6.66. The molecule has 2 rings (SSSR count). The molecule has 1 heterocycles. The van der Waals surface area contributed by atoms with Gasteiger partial charge in [-0.05, 0) is 38.7 Å². The van der Waals surface area contributed by atoms with Crippen molar-refractivity contribution in [2.45, 2.75) is 32.1 Å². The molecule has 0 saturated carbocycles. The van der Waals surface area contributed by atoms with E-state index in [9.17, 15) is 0 Å². The van der Waals surface area contributed by atoms with Crippen molar-refractivity contribution in [3.05, 3.63) is 29.3 Å². The highest BCUT2D eigenvalue weighted by molar-refractivity contribution is 6.21. The minimum absolute atomic E-state index is 0.0235. The molecule has 1 fully saturated rings. The molecule has 0 amide bonds. The minimum Gasteiger partial charge on any atom is -0.494 e. The summed E-state index contributed by atoms with van der Waals surface area (Å²) in [5.41, 5.74) is 2.36. The van der Waals surface area contributed by atoms with E-state index in [1.807, 2.05) is 13.0 Å². The summed E-state index contributed by atoms with van der Waals surface area (Å²) in [7, 11) is 0. The van der Waals surface area contributed by atoms with Crippen molar-refractivity contribution in [2.75, 3.05) is 19.8 Å². The van der Waals surface area contributed by atoms with Gasteiger partial charge in [0.15, 0.2) is 0 Å². The Hall–Kier alpha value is -0.730. The predicted octanol–water partition coefficient (Wildman–Crippen LogP) is 4.10. The van der Waals surface area contributed by atoms with E-state index in [4.69, 9.17) is 21.1 Å². The summed E-state index contributed by atoms with van der Waals surface area (Å²) in [6, 6.07) is 6.25. The Labute approximate surface area is 114 Å². The molecule has 1 aliphatic rings. The highest BCUT2D eigenvalue weighted by Gasteiger charge is 2.26. The molecule has 0 radical (unpaired) electrons. The Morgan fingerprint density at radius 2 is 2.11 bits per heavy atom. The van der Waals surface area contributed by atoms with Crippen molar-refractivity contribution in [3.8, 4) is 5.75 Å². The van der Waals surface area contributed by atoms with Gasteiger partial charge >= 0.3 is 0 Å². The van der Waals surface area contributed by atoms with Crippen LogP contribution in [-0.4, -0.2) is 19.8 Å². The molecule has 0 bridgehead atoms. The topological polar surface area (TPSA) is 18.5 Å². The van der Waals surface area contributed by atoms with Crippen molar-refractivity contribution < 1.29 is 9.47 Å². The van der Waals surface area contributed by atoms with Crippen molar-refractivity contribution in [3.63, 3.8) is 0 Å². The Morgan fingerprint density at radius 1 is 1.39 bits per heavy atom. The summed E-state index contributed by atoms with van der Waals surface area (Å²) >= 11 is 6.66. The van der Waals surface area contributed by atoms with Crippen molar-refractivity contribution in [2.24, 2.45) is 5.92 Å². The Morgan fingerprint density at radius 3 is 2.78 bits per heavy atom. The van der Waals surface area contributed by atoms with Crippen LogP contribution < -0.4 is 4.74 Å². The van der Waals surface area contributed by atoms with Crippen LogP contribution in [0.2, 0.25) is 0 Å². The third-order valence-electron chi connectivity index (χ3n) is 3.44. The summed E-state index contributed by atoms with van der Waals surface area (Å²) in [4.78, 5) is 0. The molecule has 0 aliphatic carbocycles. The number of rotatable bonds is 4. The maximum absolute atomic E-state index is 6.66. The zero-order valence-corrected chi connectivity index (χ0v) is 11.9. The molecule has 1 aliphatic heterocycles. The van der Waals surface area contributed by atoms with Gasteiger partial charge in [0.2, 0.25) is 0 Å². The third kappa shape index (κ3) is 3.18. The number of alkyl halides is 1. The number of benzene rings is 1. The van der Waals surface area contributed by atoms with Crippen LogP contribution in [0.15, 0.2) is 18.2 Å². The molecule has 0 spiro atoms. The van der Waals surface area contributed by atoms with Crippen molar-refractivity contribution in [1.29, 1.82) is 0 Å². The lowest BCUT2D eigenvalue weighted by Gasteiger charge is -2.27. The molecular weight excluding hydrogens is 248 g/mol. The number of aryl methyl sites for hydroxylation is 1. The molecule has 0 N–H and O–H groups in total. The lowest BCUT2D eigenvalue weighted by Crippen LogP contribution is -2.20. The fraction of sp³-hybridized carbons (Fsp3) is 0.600. The Kier molecular flexibility index (Phi) is 4.90. The number of hydrogen-bond acceptors (Lipinski definition) is 2. The van der Waals surface area contributed by atoms with Gasteiger partial charge in [-0.25, -0.2) is 0 Å². The average Bonchev–Trinajstić information content (AvgIpc) is 2.41. The third-order valence-corrected chi connectivity index (χ3v) is 4.03. The second kappa shape index (κ2) is 6.44. The first-order chi connectivity index (χ1) is 8.72. The van der Waals surface area contributed by atoms with Gasteiger partial charge in [-0.3, -0.25) is 0 Å². The van der Waals surface area contributed by atoms with E-state index in [-0.39, 0.29) is 5.38 Å². The van der Waals surface area contributed by atoms with Gasteiger partial charge in [-0.15, -0.1) is 11.6 Å². The van der Waals surface area contributed by atoms with Crippen LogP contribution in [-0.2, 0) is 4.74 Å². The Bertz CT molecular complexity index is 386. The fourth-order valence-corrected chi connectivity index (χ4v) is 2.86. The fourth-order valence-electron chi connectivity index (χ4n) is 2.43. The molecule has 0 aromatic heterocycles. The van der Waals surface area contributed by atoms with Gasteiger partial charge in [-0.1, -0.05) is 17.7 Å². The molecule has 18 heavy (non-hydrogen) atoms. The van der Waals surface area contributed by atoms with E-state index < -0.39 is 0 Å². The summed E-state index contributed by atoms with van der Waals surface area (Å²) in [6.07, 6.45) is 2.07. The smallest absolute Gasteiger partial charge is 0.123 e. The van der Waals surface area contributed by atoms with E-state index in [1.54, 1.807) is 0 Å². The summed E-state index contributed by atoms with van der Waals surface area (Å²) in [5, 5.41) is 0.0235. The van der Waals surface area contributed by atoms with E-state index in [2.05, 4.69) is 19.1 Å². The van der Waals surface area contributed by atoms with Gasteiger partial charge < -0.3 is 9.47 Å². The van der Waals surface area contributed by atoms with Crippen LogP contribution in [0.4, 0.5) is 0 Å². The molecule has 2 nitrogen and oxygen atoms in total. The first-order valence-electron chi connectivity index (χ1n) is 6.67. The molecule has 1 saturated heterocycles. The quantitative estimate of drug-likeness (QED) is 0.766. The average molecular weight is 269 g/mol. The SMILES string of the molecule is CCOc1ccc(C)cc1C(Cl)C1CCOCC1. The summed E-state index contributed by atoms with van der Waals surface area (Å²) < 4.78 is 11.1. The predicted molar refractivity (Wildman–Crippen MR) is 74.5 cm³/mol. The zero-order chi connectivity index (χ0) is 13.0. The maximum Gasteiger partial charge on any atom is 0.123 e. The van der Waals surface area contributed by atoms with E-state index >= 15 is 0 Å². The summed E-state index contributed by atoms with van der Waals surface area (Å²) in [5.74, 6) is 1.41. The number of hydrogen-bond donors (Lipinski definition) is 0. The lowest BCUT2D eigenvalue weighted by atomic mass is 9.91. The van der Waals surface area contributed by atoms with Crippen LogP contribution in [0.25, 0.3) is 0 Å². The second-order valence-corrected chi connectivity index (χ2v) is 5.30. The van der Waals surface area contributed by atoms with Crippen LogP contribution in [0.5, 0.6) is 5.75 Å². The number of halogens is 1. The minimum atomic E-state index is 0.0235. The zero-order valence-electron chi connectivity index (χ0n) is 11.1. The van der Waals surface area contributed by atoms with Crippen molar-refractivity contribution in [1.82, 2.24) is 0 Å². The van der Waals surface area contributed by atoms with E-state index in [1.165, 1.54) is 5.56 Å². The molecule has 100 valence electrons. The van der Waals surface area contributed by atoms with Gasteiger partial charge in [0.25, 0.3) is 0 Å². The number of ether oxygens (including phenoxy) is 2. The van der Waals surface area contributed by atoms with Crippen LogP contribution in [0.3, 0.4) is 0 Å². The molecule has 3 heteroatoms. The molecule has 1 atom stereocenters. The molecular formula is C15H21ClO2. The van der Waals surface area contributed by atoms with Gasteiger partial charge in [0.1, 0.15) is 5.75 Å². The van der Waals surface area contributed by atoms with Gasteiger partial charge in [-0.2, -0.15) is 0 Å². The monoisotopic (exact) mass is 268 g/mol. The van der Waals surface area contributed by atoms with Gasteiger partial charge in [0, 0.05) is 18.8 Å². The highest BCUT2D eigenvalue weighted by Crippen LogP contribution is 2.40. The highest BCUT2D eigenvalue weighted by atomic mass is 35.5. The molecule has 1 aromatic carbocycles. The largest absolute Gasteiger partial charge is 0.494 e. The summed E-state index contributed by atoms with van der Waals surface area (Å²) in [6.45, 7) is 6.41. The van der Waals surface area contributed by atoms with Crippen LogP contribution in [0, 0.1) is 12.8 Å². The Balaban J connectivity index is 2.21.